The Labute approximate surface area is 207 Å². The van der Waals surface area contributed by atoms with E-state index in [-0.39, 0.29) is 60.3 Å². The number of carbonyl (C=O) groups is 2. The van der Waals surface area contributed by atoms with Gasteiger partial charge < -0.3 is 20.2 Å². The van der Waals surface area contributed by atoms with Gasteiger partial charge in [-0.1, -0.05) is 20.8 Å². The fourth-order valence-corrected chi connectivity index (χ4v) is 9.24. The third kappa shape index (κ3) is 4.51. The zero-order valence-electron chi connectivity index (χ0n) is 21.6. The summed E-state index contributed by atoms with van der Waals surface area (Å²) in [6.07, 6.45) is 2.84. The molecule has 200 valence electrons. The monoisotopic (exact) mass is 499 g/mol. The van der Waals surface area contributed by atoms with E-state index in [4.69, 9.17) is 5.11 Å². The summed E-state index contributed by atoms with van der Waals surface area (Å²) in [5.41, 5.74) is -0.573. The molecule has 4 unspecified atom stereocenters. The summed E-state index contributed by atoms with van der Waals surface area (Å²) in [5, 5.41) is 30.3. The zero-order valence-corrected chi connectivity index (χ0v) is 21.6. The Morgan fingerprint density at radius 1 is 1.06 bits per heavy atom. The van der Waals surface area contributed by atoms with Crippen LogP contribution >= 0.6 is 0 Å². The average Bonchev–Trinajstić information content (AvgIpc) is 3.10. The molecule has 3 N–H and O–H groups in total. The van der Waals surface area contributed by atoms with E-state index in [1.54, 1.807) is 0 Å². The second-order valence-electron chi connectivity index (χ2n) is 12.9. The van der Waals surface area contributed by atoms with Gasteiger partial charge in [0, 0.05) is 19.9 Å². The van der Waals surface area contributed by atoms with Gasteiger partial charge in [0.25, 0.3) is 5.92 Å². The number of carbonyl (C=O) groups excluding carboxylic acids is 1. The second kappa shape index (κ2) is 9.23. The van der Waals surface area contributed by atoms with Gasteiger partial charge in [-0.2, -0.15) is 0 Å². The Hall–Kier alpha value is -1.28. The molecule has 6 nitrogen and oxygen atoms in total. The Balaban J connectivity index is 1.47. The molecule has 4 saturated carbocycles. The SMILES string of the molecule is C[C@H](CCC(=O)N(C)CC(=O)O)[C@H]1CCC2C3C(O)C[C@@H]4C[C@@H](O)C(F)(F)C[C@]4(C)C3CC[C@@]21C. The van der Waals surface area contributed by atoms with E-state index in [0.29, 0.717) is 25.2 Å². The number of hydrogen-bond acceptors (Lipinski definition) is 4. The molecule has 4 rings (SSSR count). The van der Waals surface area contributed by atoms with E-state index in [1.807, 2.05) is 6.92 Å². The van der Waals surface area contributed by atoms with Crippen LogP contribution in [0.4, 0.5) is 8.78 Å². The van der Waals surface area contributed by atoms with Crippen LogP contribution in [0.1, 0.15) is 78.6 Å². The minimum absolute atomic E-state index is 0.00146. The van der Waals surface area contributed by atoms with Crippen molar-refractivity contribution in [3.8, 4) is 0 Å². The molecule has 0 heterocycles. The van der Waals surface area contributed by atoms with Crippen molar-refractivity contribution in [1.29, 1.82) is 0 Å². The number of aliphatic carboxylic acids is 1. The zero-order chi connectivity index (χ0) is 25.9. The molecule has 4 aliphatic rings. The molecule has 0 spiro atoms. The van der Waals surface area contributed by atoms with Crippen LogP contribution < -0.4 is 0 Å². The van der Waals surface area contributed by atoms with Gasteiger partial charge in [-0.05, 0) is 91.3 Å². The molecule has 1 amide bonds. The molecule has 0 aliphatic heterocycles. The summed E-state index contributed by atoms with van der Waals surface area (Å²) in [6.45, 7) is 6.17. The largest absolute Gasteiger partial charge is 0.480 e. The Morgan fingerprint density at radius 3 is 2.37 bits per heavy atom. The molecular formula is C27H43F2NO5. The fourth-order valence-electron chi connectivity index (χ4n) is 9.24. The first kappa shape index (κ1) is 26.8. The van der Waals surface area contributed by atoms with Crippen molar-refractivity contribution in [3.63, 3.8) is 0 Å². The Bertz CT molecular complexity index is 838. The molecule has 35 heavy (non-hydrogen) atoms. The van der Waals surface area contributed by atoms with Crippen molar-refractivity contribution < 1.29 is 33.7 Å². The maximum atomic E-state index is 14.7. The highest BCUT2D eigenvalue weighted by atomic mass is 19.3. The van der Waals surface area contributed by atoms with Gasteiger partial charge in [-0.3, -0.25) is 9.59 Å². The Kier molecular flexibility index (Phi) is 7.06. The number of amides is 1. The lowest BCUT2D eigenvalue weighted by molar-refractivity contribution is -0.236. The smallest absolute Gasteiger partial charge is 0.323 e. The third-order valence-electron chi connectivity index (χ3n) is 11.1. The van der Waals surface area contributed by atoms with Crippen LogP contribution in [0, 0.1) is 46.3 Å². The third-order valence-corrected chi connectivity index (χ3v) is 11.1. The van der Waals surface area contributed by atoms with Gasteiger partial charge in [0.05, 0.1) is 6.10 Å². The molecule has 4 aliphatic carbocycles. The van der Waals surface area contributed by atoms with Crippen molar-refractivity contribution in [2.45, 2.75) is 96.7 Å². The minimum atomic E-state index is -3.08. The molecule has 8 heteroatoms. The normalized spacial score (nSPS) is 45.1. The van der Waals surface area contributed by atoms with Gasteiger partial charge in [-0.25, -0.2) is 8.78 Å². The summed E-state index contributed by atoms with van der Waals surface area (Å²) in [4.78, 5) is 24.5. The number of carboxylic acids is 1. The van der Waals surface area contributed by atoms with Crippen LogP contribution in [-0.4, -0.2) is 63.8 Å². The van der Waals surface area contributed by atoms with E-state index in [9.17, 15) is 28.6 Å². The molecule has 0 aromatic carbocycles. The average molecular weight is 500 g/mol. The number of aliphatic hydroxyl groups excluding tert-OH is 2. The number of aliphatic hydroxyl groups is 2. The van der Waals surface area contributed by atoms with Crippen LogP contribution in [0.2, 0.25) is 0 Å². The standard InChI is InChI=1S/C27H43F2NO5/c1-15(5-8-22(33)30(4)13-23(34)35)17-6-7-18-24-19(9-10-25(17,18)2)26(3)14-27(28,29)21(32)12-16(26)11-20(24)31/h15-21,24,31-32H,5-14H2,1-4H3,(H,34,35)/t15-,16-,17-,18?,19?,20?,21-,24?,25-,26+/m1/s1. The van der Waals surface area contributed by atoms with Crippen LogP contribution in [0.3, 0.4) is 0 Å². The predicted molar refractivity (Wildman–Crippen MR) is 127 cm³/mol. The highest BCUT2D eigenvalue weighted by Crippen LogP contribution is 2.69. The minimum Gasteiger partial charge on any atom is -0.480 e. The van der Waals surface area contributed by atoms with Gasteiger partial charge >= 0.3 is 5.97 Å². The molecule has 4 fully saturated rings. The summed E-state index contributed by atoms with van der Waals surface area (Å²) >= 11 is 0. The van der Waals surface area contributed by atoms with Gasteiger partial charge in [0.2, 0.25) is 5.91 Å². The summed E-state index contributed by atoms with van der Waals surface area (Å²) in [5.74, 6) is -3.37. The second-order valence-corrected chi connectivity index (χ2v) is 12.9. The van der Waals surface area contributed by atoms with E-state index in [0.717, 1.165) is 25.7 Å². The molecule has 0 aromatic heterocycles. The topological polar surface area (TPSA) is 98.1 Å². The maximum absolute atomic E-state index is 14.7. The highest BCUT2D eigenvalue weighted by Gasteiger charge is 2.66. The molecule has 0 saturated heterocycles. The number of nitrogens with zero attached hydrogens (tertiary/aromatic N) is 1. The van der Waals surface area contributed by atoms with Crippen molar-refractivity contribution in [3.05, 3.63) is 0 Å². The van der Waals surface area contributed by atoms with Crippen LogP contribution in [0.15, 0.2) is 0 Å². The fraction of sp³-hybridized carbons (Fsp3) is 0.926. The highest BCUT2D eigenvalue weighted by molar-refractivity contribution is 5.80. The lowest BCUT2D eigenvalue weighted by Crippen LogP contribution is -2.62. The van der Waals surface area contributed by atoms with E-state index >= 15 is 0 Å². The number of carboxylic acid groups (broad SMARTS) is 1. The van der Waals surface area contributed by atoms with E-state index < -0.39 is 29.5 Å². The quantitative estimate of drug-likeness (QED) is 0.509. The van der Waals surface area contributed by atoms with Crippen molar-refractivity contribution in [1.82, 2.24) is 4.90 Å². The number of alkyl halides is 2. The van der Waals surface area contributed by atoms with Gasteiger partial charge in [0.1, 0.15) is 12.6 Å². The molecule has 10 atom stereocenters. The van der Waals surface area contributed by atoms with Crippen LogP contribution in [0.25, 0.3) is 0 Å². The first-order chi connectivity index (χ1) is 16.2. The Morgan fingerprint density at radius 2 is 1.71 bits per heavy atom. The molecule has 0 aromatic rings. The first-order valence-electron chi connectivity index (χ1n) is 13.4. The van der Waals surface area contributed by atoms with Crippen molar-refractivity contribution >= 4 is 11.9 Å². The molecular weight excluding hydrogens is 456 g/mol. The lowest BCUT2D eigenvalue weighted by Gasteiger charge is -2.63. The maximum Gasteiger partial charge on any atom is 0.323 e. The predicted octanol–water partition coefficient (Wildman–Crippen LogP) is 4.18. The van der Waals surface area contributed by atoms with Crippen LogP contribution in [0.5, 0.6) is 0 Å². The first-order valence-corrected chi connectivity index (χ1v) is 13.4. The summed E-state index contributed by atoms with van der Waals surface area (Å²) in [6, 6.07) is 0. The molecule has 0 bridgehead atoms. The lowest BCUT2D eigenvalue weighted by atomic mass is 9.43. The number of fused-ring (bicyclic) bond motifs is 5. The number of hydrogen-bond donors (Lipinski definition) is 3. The van der Waals surface area contributed by atoms with E-state index in [1.165, 1.54) is 11.9 Å². The van der Waals surface area contributed by atoms with Crippen LogP contribution in [-0.2, 0) is 9.59 Å². The summed E-state index contributed by atoms with van der Waals surface area (Å²) in [7, 11) is 1.52. The van der Waals surface area contributed by atoms with Gasteiger partial charge in [-0.15, -0.1) is 0 Å². The van der Waals surface area contributed by atoms with Gasteiger partial charge in [0.15, 0.2) is 0 Å². The summed E-state index contributed by atoms with van der Waals surface area (Å²) < 4.78 is 29.4. The number of likely N-dealkylation sites (N-methyl/N-ethyl adjacent to an activating group) is 1. The number of halogens is 2. The van der Waals surface area contributed by atoms with Crippen molar-refractivity contribution in [2.75, 3.05) is 13.6 Å². The number of rotatable bonds is 6. The van der Waals surface area contributed by atoms with E-state index in [2.05, 4.69) is 13.8 Å². The molecule has 0 radical (unpaired) electrons. The van der Waals surface area contributed by atoms with Crippen molar-refractivity contribution in [2.24, 2.45) is 46.3 Å².